The van der Waals surface area contributed by atoms with Crippen LogP contribution in [0.15, 0.2) is 18.2 Å². The van der Waals surface area contributed by atoms with Crippen molar-refractivity contribution in [2.75, 3.05) is 32.9 Å². The molecule has 0 bridgehead atoms. The maximum absolute atomic E-state index is 14.9. The number of rotatable bonds is 7. The minimum absolute atomic E-state index is 0.0475. The number of nitrogens with zero attached hydrogens (tertiary/aromatic N) is 3. The first-order valence-corrected chi connectivity index (χ1v) is 13.3. The number of pyridine rings is 1. The van der Waals surface area contributed by atoms with Crippen molar-refractivity contribution in [1.82, 2.24) is 19.9 Å². The molecular formula is C26H27ClF2N4O7. The summed E-state index contributed by atoms with van der Waals surface area (Å²) in [6.45, 7) is 0.598. The third kappa shape index (κ3) is 5.19. The second kappa shape index (κ2) is 11.1. The van der Waals surface area contributed by atoms with Crippen LogP contribution >= 0.6 is 11.6 Å². The molecule has 1 aromatic carbocycles. The van der Waals surface area contributed by atoms with Crippen LogP contribution in [0.25, 0.3) is 11.2 Å². The van der Waals surface area contributed by atoms with Crippen molar-refractivity contribution in [2.24, 2.45) is 5.92 Å². The maximum atomic E-state index is 14.9. The lowest BCUT2D eigenvalue weighted by Crippen LogP contribution is -2.41. The number of H-pyrrole nitrogens is 1. The fourth-order valence-corrected chi connectivity index (χ4v) is 5.52. The molecule has 11 nitrogen and oxygen atoms in total. The highest BCUT2D eigenvalue weighted by atomic mass is 35.5. The van der Waals surface area contributed by atoms with Gasteiger partial charge in [0.05, 0.1) is 24.3 Å². The molecule has 214 valence electrons. The molecule has 6 rings (SSSR count). The summed E-state index contributed by atoms with van der Waals surface area (Å²) in [5.41, 5.74) is 0.135. The van der Waals surface area contributed by atoms with Gasteiger partial charge in [-0.1, -0.05) is 11.6 Å². The van der Waals surface area contributed by atoms with E-state index in [1.165, 1.54) is 11.0 Å². The monoisotopic (exact) mass is 580 g/mol. The number of carbonyl (C=O) groups is 1. The van der Waals surface area contributed by atoms with Gasteiger partial charge in [0.15, 0.2) is 11.8 Å². The molecule has 0 saturated carbocycles. The molecule has 1 unspecified atom stereocenters. The summed E-state index contributed by atoms with van der Waals surface area (Å²) in [5, 5.41) is 19.4. The highest BCUT2D eigenvalue weighted by Gasteiger charge is 2.48. The highest BCUT2D eigenvalue weighted by molar-refractivity contribution is 6.32. The lowest BCUT2D eigenvalue weighted by atomic mass is 9.98. The molecule has 3 fully saturated rings. The van der Waals surface area contributed by atoms with Crippen molar-refractivity contribution in [3.05, 3.63) is 46.0 Å². The number of amides is 1. The van der Waals surface area contributed by atoms with Gasteiger partial charge in [0.25, 0.3) is 11.9 Å². The SMILES string of the molecule is O=C(c1cc(F)c(COc2nc3nc(O[C@@H]4COC5[C@H](O)CO[C@@H]54)[nH]c3cc2Cl)c(F)c1)N1CCC[C@@H](CO)C1. The second-order valence-electron chi connectivity index (χ2n) is 10.2. The van der Waals surface area contributed by atoms with Crippen LogP contribution < -0.4 is 9.47 Å². The molecule has 3 aliphatic heterocycles. The Morgan fingerprint density at radius 3 is 2.73 bits per heavy atom. The number of benzene rings is 1. The van der Waals surface area contributed by atoms with Crippen molar-refractivity contribution in [2.45, 2.75) is 43.9 Å². The first-order chi connectivity index (χ1) is 19.3. The Bertz CT molecular complexity index is 1400. The van der Waals surface area contributed by atoms with E-state index in [2.05, 4.69) is 15.0 Å². The van der Waals surface area contributed by atoms with Crippen molar-refractivity contribution >= 4 is 28.7 Å². The van der Waals surface area contributed by atoms with Crippen LogP contribution in [0.2, 0.25) is 5.02 Å². The van der Waals surface area contributed by atoms with Gasteiger partial charge in [-0.25, -0.2) is 8.78 Å². The molecule has 3 saturated heterocycles. The molecule has 0 aliphatic carbocycles. The Kier molecular flexibility index (Phi) is 7.48. The van der Waals surface area contributed by atoms with Crippen molar-refractivity contribution in [3.8, 4) is 11.9 Å². The Morgan fingerprint density at radius 1 is 1.18 bits per heavy atom. The van der Waals surface area contributed by atoms with E-state index >= 15 is 0 Å². The number of piperidine rings is 1. The number of nitrogens with one attached hydrogen (secondary N) is 1. The maximum Gasteiger partial charge on any atom is 0.296 e. The number of hydrogen-bond acceptors (Lipinski definition) is 9. The number of halogens is 3. The molecule has 2 aromatic heterocycles. The standard InChI is InChI=1S/C26H27ClF2N4O7/c27-15-6-18-23(32-26(30-18)40-20-11-38-21-19(35)10-37-22(20)21)31-24(15)39-9-14-16(28)4-13(5-17(14)29)25(36)33-3-1-2-12(7-33)8-34/h4-6,12,19-22,34-35H,1-3,7-11H2,(H,30,31,32)/t12-,19-,20-,21?,22-/m1/s1. The van der Waals surface area contributed by atoms with Crippen LogP contribution in [0.3, 0.4) is 0 Å². The average molecular weight is 581 g/mol. The van der Waals surface area contributed by atoms with Gasteiger partial charge < -0.3 is 39.0 Å². The van der Waals surface area contributed by atoms with Crippen LogP contribution in [0.4, 0.5) is 8.78 Å². The van der Waals surface area contributed by atoms with Gasteiger partial charge in [-0.15, -0.1) is 0 Å². The quantitative estimate of drug-likeness (QED) is 0.384. The molecule has 1 amide bonds. The summed E-state index contributed by atoms with van der Waals surface area (Å²) in [4.78, 5) is 25.8. The van der Waals surface area contributed by atoms with Crippen LogP contribution in [0, 0.1) is 17.6 Å². The van der Waals surface area contributed by atoms with Gasteiger partial charge >= 0.3 is 0 Å². The summed E-state index contributed by atoms with van der Waals surface area (Å²) in [5.74, 6) is -2.52. The summed E-state index contributed by atoms with van der Waals surface area (Å²) in [7, 11) is 0. The highest BCUT2D eigenvalue weighted by Crippen LogP contribution is 2.32. The predicted octanol–water partition coefficient (Wildman–Crippen LogP) is 2.22. The second-order valence-corrected chi connectivity index (χ2v) is 10.6. The molecule has 5 atom stereocenters. The molecule has 5 heterocycles. The van der Waals surface area contributed by atoms with E-state index in [4.69, 9.17) is 30.5 Å². The molecule has 3 aromatic rings. The zero-order valence-electron chi connectivity index (χ0n) is 21.2. The smallest absolute Gasteiger partial charge is 0.296 e. The Labute approximate surface area is 232 Å². The fraction of sp³-hybridized carbons (Fsp3) is 0.500. The molecular weight excluding hydrogens is 554 g/mol. The summed E-state index contributed by atoms with van der Waals surface area (Å²) in [6, 6.07) is 3.58. The van der Waals surface area contributed by atoms with E-state index in [1.54, 1.807) is 0 Å². The average Bonchev–Trinajstić information content (AvgIpc) is 3.64. The first kappa shape index (κ1) is 27.1. The molecule has 0 radical (unpaired) electrons. The molecule has 3 N–H and O–H groups in total. The number of aromatic amines is 1. The van der Waals surface area contributed by atoms with E-state index in [0.29, 0.717) is 25.0 Å². The van der Waals surface area contributed by atoms with E-state index in [0.717, 1.165) is 18.6 Å². The minimum atomic E-state index is -0.942. The largest absolute Gasteiger partial charge is 0.471 e. The molecule has 14 heteroatoms. The minimum Gasteiger partial charge on any atom is -0.471 e. The molecule has 0 spiro atoms. The van der Waals surface area contributed by atoms with Gasteiger partial charge in [0.1, 0.15) is 41.6 Å². The number of aliphatic hydroxyl groups excluding tert-OH is 2. The molecule has 40 heavy (non-hydrogen) atoms. The van der Waals surface area contributed by atoms with Crippen LogP contribution in [0.5, 0.6) is 11.9 Å². The topological polar surface area (TPSA) is 139 Å². The van der Waals surface area contributed by atoms with Gasteiger partial charge in [0.2, 0.25) is 5.88 Å². The number of aliphatic hydroxyl groups is 2. The van der Waals surface area contributed by atoms with E-state index < -0.39 is 48.6 Å². The number of likely N-dealkylation sites (tertiary alicyclic amines) is 1. The number of fused-ring (bicyclic) bond motifs is 2. The van der Waals surface area contributed by atoms with Gasteiger partial charge in [0, 0.05) is 25.3 Å². The summed E-state index contributed by atoms with van der Waals surface area (Å²) in [6.07, 6.45) is -0.578. The van der Waals surface area contributed by atoms with Crippen LogP contribution in [-0.4, -0.2) is 93.3 Å². The number of carbonyl (C=O) groups excluding carboxylic acids is 1. The van der Waals surface area contributed by atoms with Crippen molar-refractivity contribution in [3.63, 3.8) is 0 Å². The lowest BCUT2D eigenvalue weighted by Gasteiger charge is -2.32. The molecule has 3 aliphatic rings. The summed E-state index contributed by atoms with van der Waals surface area (Å²) >= 11 is 6.29. The van der Waals surface area contributed by atoms with Crippen LogP contribution in [-0.2, 0) is 16.1 Å². The lowest BCUT2D eigenvalue weighted by molar-refractivity contribution is 0.00706. The van der Waals surface area contributed by atoms with Crippen LogP contribution in [0.1, 0.15) is 28.8 Å². The normalized spacial score (nSPS) is 26.3. The zero-order valence-corrected chi connectivity index (χ0v) is 21.9. The van der Waals surface area contributed by atoms with E-state index in [-0.39, 0.29) is 59.4 Å². The zero-order chi connectivity index (χ0) is 28.0. The Hall–Kier alpha value is -3.10. The number of hydrogen-bond donors (Lipinski definition) is 3. The van der Waals surface area contributed by atoms with E-state index in [9.17, 15) is 23.8 Å². The number of imidazole rings is 1. The Balaban J connectivity index is 1.14. The van der Waals surface area contributed by atoms with Gasteiger partial charge in [-0.05, 0) is 37.0 Å². The van der Waals surface area contributed by atoms with Crippen molar-refractivity contribution < 1.29 is 42.7 Å². The fourth-order valence-electron chi connectivity index (χ4n) is 5.31. The summed E-state index contributed by atoms with van der Waals surface area (Å²) < 4.78 is 52.3. The third-order valence-electron chi connectivity index (χ3n) is 7.42. The number of ether oxygens (including phenoxy) is 4. The van der Waals surface area contributed by atoms with Crippen molar-refractivity contribution in [1.29, 1.82) is 0 Å². The Morgan fingerprint density at radius 2 is 1.95 bits per heavy atom. The van der Waals surface area contributed by atoms with E-state index in [1.807, 2.05) is 0 Å². The predicted molar refractivity (Wildman–Crippen MR) is 135 cm³/mol. The third-order valence-corrected chi connectivity index (χ3v) is 7.69. The first-order valence-electron chi connectivity index (χ1n) is 13.0. The van der Waals surface area contributed by atoms with Gasteiger partial charge in [-0.3, -0.25) is 4.79 Å². The number of aromatic nitrogens is 3. The van der Waals surface area contributed by atoms with Gasteiger partial charge in [-0.2, -0.15) is 9.97 Å².